The Balaban J connectivity index is 2.24. The lowest BCUT2D eigenvalue weighted by molar-refractivity contribution is 0.184. The fourth-order valence-corrected chi connectivity index (χ4v) is 1.45. The maximum absolute atomic E-state index is 12.5. The average Bonchev–Trinajstić information content (AvgIpc) is 2.37. The zero-order valence-corrected chi connectivity index (χ0v) is 5.45. The van der Waals surface area contributed by atoms with Gasteiger partial charge in [-0.3, -0.25) is 0 Å². The van der Waals surface area contributed by atoms with E-state index in [4.69, 9.17) is 0 Å². The lowest BCUT2D eigenvalue weighted by Crippen LogP contribution is -2.13. The molecule has 0 bridgehead atoms. The minimum Gasteiger partial charge on any atom is -0.248 e. The lowest BCUT2D eigenvalue weighted by Gasteiger charge is -2.09. The normalized spacial score (nSPS) is 24.7. The average molecular weight is 134 g/mol. The van der Waals surface area contributed by atoms with Gasteiger partial charge >= 0.3 is 0 Å². The molecule has 1 aliphatic rings. The second-order valence-corrected chi connectivity index (χ2v) is 2.71. The first-order chi connectivity index (χ1) is 4.34. The SMILES string of the molecule is FCC(F)C1CCCC1. The number of halogens is 2. The molecular formula is C7H12F2. The van der Waals surface area contributed by atoms with Crippen molar-refractivity contribution in [1.29, 1.82) is 0 Å². The van der Waals surface area contributed by atoms with Gasteiger partial charge in [-0.05, 0) is 18.8 Å². The molecule has 1 atom stereocenters. The first-order valence-electron chi connectivity index (χ1n) is 3.54. The zero-order valence-electron chi connectivity index (χ0n) is 5.45. The van der Waals surface area contributed by atoms with E-state index < -0.39 is 12.8 Å². The number of alkyl halides is 2. The first kappa shape index (κ1) is 6.97. The van der Waals surface area contributed by atoms with Crippen molar-refractivity contribution in [3.63, 3.8) is 0 Å². The summed E-state index contributed by atoms with van der Waals surface area (Å²) in [6.07, 6.45) is 2.79. The molecular weight excluding hydrogens is 122 g/mol. The standard InChI is InChI=1S/C7H12F2/c8-5-7(9)6-3-1-2-4-6/h6-7H,1-5H2. The van der Waals surface area contributed by atoms with Crippen LogP contribution in [0.4, 0.5) is 8.78 Å². The summed E-state index contributed by atoms with van der Waals surface area (Å²) in [5.41, 5.74) is 0. The largest absolute Gasteiger partial charge is 0.248 e. The molecule has 0 aromatic carbocycles. The molecule has 1 unspecified atom stereocenters. The van der Waals surface area contributed by atoms with E-state index in [0.717, 1.165) is 25.7 Å². The van der Waals surface area contributed by atoms with Crippen molar-refractivity contribution in [1.82, 2.24) is 0 Å². The molecule has 0 amide bonds. The Morgan fingerprint density at radius 1 is 1.33 bits per heavy atom. The quantitative estimate of drug-likeness (QED) is 0.544. The molecule has 0 N–H and O–H groups in total. The van der Waals surface area contributed by atoms with Crippen LogP contribution in [0.2, 0.25) is 0 Å². The van der Waals surface area contributed by atoms with Crippen molar-refractivity contribution in [2.24, 2.45) is 5.92 Å². The highest BCUT2D eigenvalue weighted by Gasteiger charge is 2.23. The van der Waals surface area contributed by atoms with Gasteiger partial charge in [0.05, 0.1) is 0 Å². The van der Waals surface area contributed by atoms with Crippen LogP contribution in [0.3, 0.4) is 0 Å². The predicted octanol–water partition coefficient (Wildman–Crippen LogP) is 2.48. The van der Waals surface area contributed by atoms with Crippen LogP contribution in [-0.2, 0) is 0 Å². The van der Waals surface area contributed by atoms with E-state index in [2.05, 4.69) is 0 Å². The van der Waals surface area contributed by atoms with Crippen molar-refractivity contribution in [2.45, 2.75) is 31.9 Å². The highest BCUT2D eigenvalue weighted by atomic mass is 19.2. The van der Waals surface area contributed by atoms with Crippen LogP contribution >= 0.6 is 0 Å². The summed E-state index contributed by atoms with van der Waals surface area (Å²) in [7, 11) is 0. The Hall–Kier alpha value is -0.140. The van der Waals surface area contributed by atoms with Gasteiger partial charge < -0.3 is 0 Å². The van der Waals surface area contributed by atoms with Crippen LogP contribution in [0.1, 0.15) is 25.7 Å². The molecule has 0 nitrogen and oxygen atoms in total. The molecule has 1 rings (SSSR count). The molecule has 0 spiro atoms. The first-order valence-corrected chi connectivity index (χ1v) is 3.54. The van der Waals surface area contributed by atoms with Crippen molar-refractivity contribution < 1.29 is 8.78 Å². The summed E-state index contributed by atoms with van der Waals surface area (Å²) >= 11 is 0. The summed E-state index contributed by atoms with van der Waals surface area (Å²) in [6.45, 7) is -0.787. The van der Waals surface area contributed by atoms with Gasteiger partial charge in [-0.1, -0.05) is 12.8 Å². The fourth-order valence-electron chi connectivity index (χ4n) is 1.45. The maximum atomic E-state index is 12.5. The monoisotopic (exact) mass is 134 g/mol. The van der Waals surface area contributed by atoms with Crippen LogP contribution in [0.15, 0.2) is 0 Å². The van der Waals surface area contributed by atoms with E-state index in [0.29, 0.717) is 0 Å². The molecule has 9 heavy (non-hydrogen) atoms. The Kier molecular flexibility index (Phi) is 2.43. The number of hydrogen-bond acceptors (Lipinski definition) is 0. The van der Waals surface area contributed by atoms with Crippen LogP contribution in [0.25, 0.3) is 0 Å². The fraction of sp³-hybridized carbons (Fsp3) is 1.00. The van der Waals surface area contributed by atoms with E-state index in [1.54, 1.807) is 0 Å². The minimum atomic E-state index is -1.17. The highest BCUT2D eigenvalue weighted by Crippen LogP contribution is 2.29. The topological polar surface area (TPSA) is 0 Å². The van der Waals surface area contributed by atoms with Crippen molar-refractivity contribution >= 4 is 0 Å². The van der Waals surface area contributed by atoms with E-state index in [-0.39, 0.29) is 5.92 Å². The van der Waals surface area contributed by atoms with Gasteiger partial charge in [0.2, 0.25) is 0 Å². The van der Waals surface area contributed by atoms with E-state index in [1.807, 2.05) is 0 Å². The van der Waals surface area contributed by atoms with Crippen LogP contribution < -0.4 is 0 Å². The second kappa shape index (κ2) is 3.14. The summed E-state index contributed by atoms with van der Waals surface area (Å²) in [5.74, 6) is 0.0370. The smallest absolute Gasteiger partial charge is 0.131 e. The van der Waals surface area contributed by atoms with Gasteiger partial charge in [-0.25, -0.2) is 8.78 Å². The van der Waals surface area contributed by atoms with Gasteiger partial charge in [-0.15, -0.1) is 0 Å². The predicted molar refractivity (Wildman–Crippen MR) is 32.8 cm³/mol. The third-order valence-electron chi connectivity index (χ3n) is 2.06. The molecule has 54 valence electrons. The second-order valence-electron chi connectivity index (χ2n) is 2.71. The van der Waals surface area contributed by atoms with Gasteiger partial charge in [0, 0.05) is 0 Å². The van der Waals surface area contributed by atoms with Crippen molar-refractivity contribution in [2.75, 3.05) is 6.67 Å². The van der Waals surface area contributed by atoms with Gasteiger partial charge in [0.15, 0.2) is 0 Å². The number of hydrogen-bond donors (Lipinski definition) is 0. The van der Waals surface area contributed by atoms with E-state index in [9.17, 15) is 8.78 Å². The van der Waals surface area contributed by atoms with Crippen LogP contribution in [0, 0.1) is 5.92 Å². The van der Waals surface area contributed by atoms with Crippen molar-refractivity contribution in [3.05, 3.63) is 0 Å². The molecule has 1 aliphatic carbocycles. The third kappa shape index (κ3) is 1.63. The molecule has 0 aromatic heterocycles. The molecule has 1 fully saturated rings. The molecule has 0 radical (unpaired) electrons. The lowest BCUT2D eigenvalue weighted by atomic mass is 10.0. The molecule has 0 aliphatic heterocycles. The summed E-state index contributed by atoms with van der Waals surface area (Å²) in [4.78, 5) is 0. The summed E-state index contributed by atoms with van der Waals surface area (Å²) < 4.78 is 24.1. The van der Waals surface area contributed by atoms with Gasteiger partial charge in [0.1, 0.15) is 12.8 Å². The molecule has 0 saturated heterocycles. The van der Waals surface area contributed by atoms with Crippen LogP contribution in [-0.4, -0.2) is 12.8 Å². The van der Waals surface area contributed by atoms with E-state index >= 15 is 0 Å². The minimum absolute atomic E-state index is 0.0370. The Morgan fingerprint density at radius 3 is 2.33 bits per heavy atom. The van der Waals surface area contributed by atoms with Gasteiger partial charge in [-0.2, -0.15) is 0 Å². The zero-order chi connectivity index (χ0) is 6.69. The molecule has 0 heterocycles. The van der Waals surface area contributed by atoms with Gasteiger partial charge in [0.25, 0.3) is 0 Å². The Morgan fingerprint density at radius 2 is 1.89 bits per heavy atom. The van der Waals surface area contributed by atoms with E-state index in [1.165, 1.54) is 0 Å². The Labute approximate surface area is 54.3 Å². The maximum Gasteiger partial charge on any atom is 0.131 e. The summed E-state index contributed by atoms with van der Waals surface area (Å²) in [5, 5.41) is 0. The molecule has 1 saturated carbocycles. The third-order valence-corrected chi connectivity index (χ3v) is 2.06. The Bertz CT molecular complexity index is 77.0. The highest BCUT2D eigenvalue weighted by molar-refractivity contribution is 4.73. The van der Waals surface area contributed by atoms with Crippen LogP contribution in [0.5, 0.6) is 0 Å². The number of rotatable bonds is 2. The molecule has 2 heteroatoms. The summed E-state index contributed by atoms with van der Waals surface area (Å²) in [6, 6.07) is 0. The molecule has 0 aromatic rings. The van der Waals surface area contributed by atoms with Crippen molar-refractivity contribution in [3.8, 4) is 0 Å².